The molecule has 2 aromatic carbocycles. The molecule has 1 aliphatic heterocycles. The van der Waals surface area contributed by atoms with Gasteiger partial charge in [0.15, 0.2) is 5.82 Å². The van der Waals surface area contributed by atoms with E-state index in [1.807, 2.05) is 42.2 Å². The molecule has 4 rings (SSSR count). The highest BCUT2D eigenvalue weighted by atomic mass is 19.1. The summed E-state index contributed by atoms with van der Waals surface area (Å²) in [6.45, 7) is 3.89. The molecule has 1 aromatic heterocycles. The van der Waals surface area contributed by atoms with Crippen LogP contribution >= 0.6 is 0 Å². The second-order valence-electron chi connectivity index (χ2n) is 8.11. The van der Waals surface area contributed by atoms with E-state index in [1.54, 1.807) is 41.0 Å². The van der Waals surface area contributed by atoms with Gasteiger partial charge in [-0.3, -0.25) is 9.59 Å². The van der Waals surface area contributed by atoms with E-state index >= 15 is 0 Å². The van der Waals surface area contributed by atoms with E-state index in [0.717, 1.165) is 11.1 Å². The Labute approximate surface area is 187 Å². The van der Waals surface area contributed by atoms with E-state index < -0.39 is 0 Å². The summed E-state index contributed by atoms with van der Waals surface area (Å²) in [5.74, 6) is -0.346. The molecule has 6 nitrogen and oxygen atoms in total. The molecule has 1 fully saturated rings. The van der Waals surface area contributed by atoms with E-state index in [4.69, 9.17) is 0 Å². The summed E-state index contributed by atoms with van der Waals surface area (Å²) < 4.78 is 15.8. The van der Waals surface area contributed by atoms with Gasteiger partial charge < -0.3 is 14.4 Å². The number of halogens is 1. The number of aromatic nitrogens is 2. The molecular formula is C25H27FN4O2. The average Bonchev–Trinajstić information content (AvgIpc) is 3.17. The number of carbonyl (C=O) groups excluding carboxylic acids is 2. The highest BCUT2D eigenvalue weighted by molar-refractivity contribution is 5.91. The number of aryl methyl sites for hydroxylation is 1. The smallest absolute Gasteiger partial charge is 0.289 e. The summed E-state index contributed by atoms with van der Waals surface area (Å²) in [4.78, 5) is 33.9. The lowest BCUT2D eigenvalue weighted by Crippen LogP contribution is -2.38. The lowest BCUT2D eigenvalue weighted by atomic mass is 9.95. The van der Waals surface area contributed by atoms with Crippen LogP contribution in [0.5, 0.6) is 0 Å². The molecule has 0 aliphatic carbocycles. The van der Waals surface area contributed by atoms with Gasteiger partial charge >= 0.3 is 0 Å². The highest BCUT2D eigenvalue weighted by Crippen LogP contribution is 2.24. The first-order valence-electron chi connectivity index (χ1n) is 10.9. The normalized spacial score (nSPS) is 16.8. The Hall–Kier alpha value is -3.48. The van der Waals surface area contributed by atoms with Crippen LogP contribution in [0.4, 0.5) is 4.39 Å². The molecule has 1 aliphatic rings. The van der Waals surface area contributed by atoms with Gasteiger partial charge in [-0.15, -0.1) is 0 Å². The van der Waals surface area contributed by atoms with Crippen molar-refractivity contribution in [2.75, 3.05) is 26.2 Å². The van der Waals surface area contributed by atoms with Crippen molar-refractivity contribution in [3.8, 4) is 11.1 Å². The van der Waals surface area contributed by atoms with Gasteiger partial charge in [0.25, 0.3) is 5.91 Å². The second kappa shape index (κ2) is 9.34. The molecule has 0 bridgehead atoms. The summed E-state index contributed by atoms with van der Waals surface area (Å²) in [7, 11) is 1.79. The molecule has 1 saturated heterocycles. The third kappa shape index (κ3) is 4.42. The molecule has 7 heteroatoms. The molecule has 0 unspecified atom stereocenters. The Kier molecular flexibility index (Phi) is 6.35. The summed E-state index contributed by atoms with van der Waals surface area (Å²) in [6, 6.07) is 14.3. The summed E-state index contributed by atoms with van der Waals surface area (Å²) in [5.41, 5.74) is 2.32. The van der Waals surface area contributed by atoms with Crippen molar-refractivity contribution in [2.24, 2.45) is 13.0 Å². The summed E-state index contributed by atoms with van der Waals surface area (Å²) >= 11 is 0. The van der Waals surface area contributed by atoms with E-state index in [0.29, 0.717) is 44.0 Å². The van der Waals surface area contributed by atoms with Gasteiger partial charge in [0, 0.05) is 51.2 Å². The minimum atomic E-state index is -0.346. The predicted molar refractivity (Wildman–Crippen MR) is 120 cm³/mol. The fraction of sp³-hybridized carbons (Fsp3) is 0.320. The van der Waals surface area contributed by atoms with Gasteiger partial charge in [0.1, 0.15) is 5.82 Å². The minimum absolute atomic E-state index is 0.0563. The molecule has 2 amide bonds. The van der Waals surface area contributed by atoms with Crippen LogP contribution < -0.4 is 0 Å². The maximum atomic E-state index is 14.1. The lowest BCUT2D eigenvalue weighted by molar-refractivity contribution is -0.134. The van der Waals surface area contributed by atoms with Crippen molar-refractivity contribution in [1.82, 2.24) is 19.4 Å². The summed E-state index contributed by atoms with van der Waals surface area (Å²) in [6.07, 6.45) is 3.85. The number of imidazole rings is 1. The molecule has 1 atom stereocenters. The third-order valence-corrected chi connectivity index (χ3v) is 6.04. The number of hydrogen-bond donors (Lipinski definition) is 0. The molecule has 0 N–H and O–H groups in total. The number of amides is 2. The fourth-order valence-electron chi connectivity index (χ4n) is 4.21. The maximum Gasteiger partial charge on any atom is 0.289 e. The quantitative estimate of drug-likeness (QED) is 0.619. The van der Waals surface area contributed by atoms with E-state index in [2.05, 4.69) is 4.98 Å². The summed E-state index contributed by atoms with van der Waals surface area (Å²) in [5, 5.41) is 0. The van der Waals surface area contributed by atoms with Crippen molar-refractivity contribution in [3.05, 3.63) is 78.1 Å². The SMILES string of the molecule is CCN1CCN(C(=O)c2nccn2C)C[C@@H](Cc2ccc(-c3ccccc3F)cc2)C1=O. The Balaban J connectivity index is 1.54. The molecule has 0 radical (unpaired) electrons. The second-order valence-corrected chi connectivity index (χ2v) is 8.11. The van der Waals surface area contributed by atoms with Crippen LogP contribution in [0.1, 0.15) is 23.1 Å². The fourth-order valence-corrected chi connectivity index (χ4v) is 4.21. The van der Waals surface area contributed by atoms with Crippen molar-refractivity contribution in [1.29, 1.82) is 0 Å². The molecule has 3 aromatic rings. The number of benzene rings is 2. The van der Waals surface area contributed by atoms with Gasteiger partial charge in [-0.25, -0.2) is 9.37 Å². The lowest BCUT2D eigenvalue weighted by Gasteiger charge is -2.23. The molecule has 2 heterocycles. The number of rotatable bonds is 5. The Bertz CT molecular complexity index is 1110. The zero-order valence-corrected chi connectivity index (χ0v) is 18.4. The number of hydrogen-bond acceptors (Lipinski definition) is 3. The predicted octanol–water partition coefficient (Wildman–Crippen LogP) is 3.39. The van der Waals surface area contributed by atoms with Crippen LogP contribution in [0.3, 0.4) is 0 Å². The van der Waals surface area contributed by atoms with E-state index in [-0.39, 0.29) is 23.5 Å². The monoisotopic (exact) mass is 434 g/mol. The number of carbonyl (C=O) groups is 2. The van der Waals surface area contributed by atoms with E-state index in [9.17, 15) is 14.0 Å². The molecule has 0 spiro atoms. The Morgan fingerprint density at radius 2 is 1.88 bits per heavy atom. The molecule has 0 saturated carbocycles. The highest BCUT2D eigenvalue weighted by Gasteiger charge is 2.33. The van der Waals surface area contributed by atoms with Gasteiger partial charge in [-0.2, -0.15) is 0 Å². The zero-order valence-electron chi connectivity index (χ0n) is 18.4. The number of nitrogens with zero attached hydrogens (tertiary/aromatic N) is 4. The van der Waals surface area contributed by atoms with Crippen molar-refractivity contribution in [3.63, 3.8) is 0 Å². The van der Waals surface area contributed by atoms with E-state index in [1.165, 1.54) is 6.07 Å². The Morgan fingerprint density at radius 3 is 2.53 bits per heavy atom. The average molecular weight is 435 g/mol. The standard InChI is InChI=1S/C25H27FN4O2/c1-3-29-14-15-30(25(32)23-27-12-13-28(23)2)17-20(24(29)31)16-18-8-10-19(11-9-18)21-6-4-5-7-22(21)26/h4-13,20H,3,14-17H2,1-2H3/t20-/m1/s1. The van der Waals surface area contributed by atoms with Crippen LogP contribution in [0.15, 0.2) is 60.9 Å². The van der Waals surface area contributed by atoms with Crippen LogP contribution in [0.2, 0.25) is 0 Å². The van der Waals surface area contributed by atoms with Crippen molar-refractivity contribution >= 4 is 11.8 Å². The first-order valence-corrected chi connectivity index (χ1v) is 10.9. The molecule has 166 valence electrons. The van der Waals surface area contributed by atoms with Gasteiger partial charge in [-0.05, 0) is 30.5 Å². The maximum absolute atomic E-state index is 14.1. The first kappa shape index (κ1) is 21.7. The number of likely N-dealkylation sites (N-methyl/N-ethyl adjacent to an activating group) is 1. The molecular weight excluding hydrogens is 407 g/mol. The van der Waals surface area contributed by atoms with Gasteiger partial charge in [0.05, 0.1) is 5.92 Å². The molecule has 32 heavy (non-hydrogen) atoms. The Morgan fingerprint density at radius 1 is 1.12 bits per heavy atom. The zero-order chi connectivity index (χ0) is 22.7. The van der Waals surface area contributed by atoms with Crippen LogP contribution in [0.25, 0.3) is 11.1 Å². The van der Waals surface area contributed by atoms with Crippen molar-refractivity contribution < 1.29 is 14.0 Å². The topological polar surface area (TPSA) is 58.4 Å². The van der Waals surface area contributed by atoms with Gasteiger partial charge in [0.2, 0.25) is 5.91 Å². The van der Waals surface area contributed by atoms with Crippen molar-refractivity contribution in [2.45, 2.75) is 13.3 Å². The first-order chi connectivity index (χ1) is 15.5. The van der Waals surface area contributed by atoms with Crippen LogP contribution in [0, 0.1) is 11.7 Å². The minimum Gasteiger partial charge on any atom is -0.341 e. The van der Waals surface area contributed by atoms with Gasteiger partial charge in [-0.1, -0.05) is 42.5 Å². The van der Waals surface area contributed by atoms with Crippen LogP contribution in [-0.2, 0) is 18.3 Å². The van der Waals surface area contributed by atoms with Crippen LogP contribution in [-0.4, -0.2) is 57.3 Å². The largest absolute Gasteiger partial charge is 0.341 e. The third-order valence-electron chi connectivity index (χ3n) is 6.04.